The molecule has 2 aliphatic rings. The number of carbonyl (C=O) groups excluding carboxylic acids is 2. The standard InChI is InChI=1S/C21H31N3O3S/c1-28-18-4-2-17(3-5-18)16-21(9-7-20(26)23-21)8-6-19(25)22-10-11-24-12-14-27-15-13-24/h2-5H,6-16H2,1H3,(H,22,25)(H,23,26). The van der Waals surface area contributed by atoms with Crippen LogP contribution in [-0.4, -0.2) is 67.9 Å². The predicted octanol–water partition coefficient (Wildman–Crippen LogP) is 1.83. The quantitative estimate of drug-likeness (QED) is 0.614. The van der Waals surface area contributed by atoms with Gasteiger partial charge in [0.05, 0.1) is 13.2 Å². The molecule has 1 atom stereocenters. The third kappa shape index (κ3) is 6.22. The number of carbonyl (C=O) groups is 2. The highest BCUT2D eigenvalue weighted by molar-refractivity contribution is 7.98. The molecule has 2 heterocycles. The van der Waals surface area contributed by atoms with Crippen LogP contribution in [0.2, 0.25) is 0 Å². The summed E-state index contributed by atoms with van der Waals surface area (Å²) in [5.41, 5.74) is 0.896. The molecule has 2 amide bonds. The number of thioether (sulfide) groups is 1. The highest BCUT2D eigenvalue weighted by atomic mass is 32.2. The van der Waals surface area contributed by atoms with Gasteiger partial charge in [0, 0.05) is 49.5 Å². The Kier molecular flexibility index (Phi) is 7.76. The van der Waals surface area contributed by atoms with Crippen LogP contribution >= 0.6 is 11.8 Å². The lowest BCUT2D eigenvalue weighted by molar-refractivity contribution is -0.122. The number of nitrogens with one attached hydrogen (secondary N) is 2. The van der Waals surface area contributed by atoms with Crippen molar-refractivity contribution in [2.45, 2.75) is 42.5 Å². The van der Waals surface area contributed by atoms with E-state index in [9.17, 15) is 9.59 Å². The molecular formula is C21H31N3O3S. The fraction of sp³-hybridized carbons (Fsp3) is 0.619. The lowest BCUT2D eigenvalue weighted by Gasteiger charge is -2.29. The van der Waals surface area contributed by atoms with E-state index in [4.69, 9.17) is 4.74 Å². The summed E-state index contributed by atoms with van der Waals surface area (Å²) in [5, 5.41) is 6.19. The Morgan fingerprint density at radius 3 is 2.68 bits per heavy atom. The summed E-state index contributed by atoms with van der Waals surface area (Å²) in [7, 11) is 0. The number of morpholine rings is 1. The molecule has 3 rings (SSSR count). The normalized spacial score (nSPS) is 22.8. The fourth-order valence-electron chi connectivity index (χ4n) is 3.94. The molecule has 0 bridgehead atoms. The van der Waals surface area contributed by atoms with E-state index in [1.165, 1.54) is 10.5 Å². The molecule has 1 unspecified atom stereocenters. The summed E-state index contributed by atoms with van der Waals surface area (Å²) >= 11 is 1.72. The van der Waals surface area contributed by atoms with Crippen LogP contribution in [0.5, 0.6) is 0 Å². The molecule has 28 heavy (non-hydrogen) atoms. The molecular weight excluding hydrogens is 374 g/mol. The van der Waals surface area contributed by atoms with Gasteiger partial charge in [-0.25, -0.2) is 0 Å². The van der Waals surface area contributed by atoms with E-state index in [1.54, 1.807) is 11.8 Å². The van der Waals surface area contributed by atoms with E-state index >= 15 is 0 Å². The van der Waals surface area contributed by atoms with Crippen molar-refractivity contribution in [2.24, 2.45) is 0 Å². The third-order valence-electron chi connectivity index (χ3n) is 5.62. The van der Waals surface area contributed by atoms with E-state index in [0.29, 0.717) is 25.8 Å². The SMILES string of the molecule is CSc1ccc(CC2(CCC(=O)NCCN3CCOCC3)CCC(=O)N2)cc1. The highest BCUT2D eigenvalue weighted by Crippen LogP contribution is 2.30. The van der Waals surface area contributed by atoms with Gasteiger partial charge in [0.1, 0.15) is 0 Å². The van der Waals surface area contributed by atoms with Crippen molar-refractivity contribution < 1.29 is 14.3 Å². The van der Waals surface area contributed by atoms with E-state index in [0.717, 1.165) is 45.7 Å². The lowest BCUT2D eigenvalue weighted by atomic mass is 9.85. The highest BCUT2D eigenvalue weighted by Gasteiger charge is 2.37. The van der Waals surface area contributed by atoms with E-state index in [1.807, 2.05) is 0 Å². The topological polar surface area (TPSA) is 70.7 Å². The Balaban J connectivity index is 1.47. The Bertz CT molecular complexity index is 661. The number of amides is 2. The maximum Gasteiger partial charge on any atom is 0.220 e. The van der Waals surface area contributed by atoms with Crippen LogP contribution in [0.15, 0.2) is 29.2 Å². The van der Waals surface area contributed by atoms with Gasteiger partial charge >= 0.3 is 0 Å². The second-order valence-electron chi connectivity index (χ2n) is 7.66. The molecule has 2 saturated heterocycles. The second-order valence-corrected chi connectivity index (χ2v) is 8.54. The molecule has 154 valence electrons. The first-order valence-electron chi connectivity index (χ1n) is 10.1. The van der Waals surface area contributed by atoms with Crippen LogP contribution < -0.4 is 10.6 Å². The summed E-state index contributed by atoms with van der Waals surface area (Å²) < 4.78 is 5.34. The molecule has 2 N–H and O–H groups in total. The van der Waals surface area contributed by atoms with Crippen LogP contribution in [0.3, 0.4) is 0 Å². The molecule has 0 radical (unpaired) electrons. The number of hydrogen-bond acceptors (Lipinski definition) is 5. The first-order valence-corrected chi connectivity index (χ1v) is 11.3. The first-order chi connectivity index (χ1) is 13.6. The van der Waals surface area contributed by atoms with Gasteiger partial charge in [-0.15, -0.1) is 11.8 Å². The molecule has 1 aromatic rings. The first kappa shape index (κ1) is 21.1. The number of rotatable bonds is 9. The summed E-state index contributed by atoms with van der Waals surface area (Å²) in [5.74, 6) is 0.153. The van der Waals surface area contributed by atoms with Crippen molar-refractivity contribution >= 4 is 23.6 Å². The average Bonchev–Trinajstić information content (AvgIpc) is 3.08. The van der Waals surface area contributed by atoms with Gasteiger partial charge < -0.3 is 15.4 Å². The molecule has 2 aliphatic heterocycles. The number of hydrogen-bond donors (Lipinski definition) is 2. The Morgan fingerprint density at radius 1 is 1.29 bits per heavy atom. The number of benzene rings is 1. The maximum atomic E-state index is 12.3. The Hall–Kier alpha value is -1.57. The summed E-state index contributed by atoms with van der Waals surface area (Å²) in [6.07, 6.45) is 5.28. The molecule has 0 aromatic heterocycles. The molecule has 0 saturated carbocycles. The zero-order valence-corrected chi connectivity index (χ0v) is 17.5. The van der Waals surface area contributed by atoms with E-state index in [2.05, 4.69) is 46.1 Å². The zero-order valence-electron chi connectivity index (χ0n) is 16.7. The van der Waals surface area contributed by atoms with Crippen LogP contribution in [-0.2, 0) is 20.7 Å². The van der Waals surface area contributed by atoms with Crippen LogP contribution in [0, 0.1) is 0 Å². The van der Waals surface area contributed by atoms with Crippen molar-refractivity contribution in [3.8, 4) is 0 Å². The van der Waals surface area contributed by atoms with Gasteiger partial charge in [0.15, 0.2) is 0 Å². The van der Waals surface area contributed by atoms with Gasteiger partial charge in [0.2, 0.25) is 11.8 Å². The summed E-state index contributed by atoms with van der Waals surface area (Å²) in [6, 6.07) is 8.48. The number of nitrogens with zero attached hydrogens (tertiary/aromatic N) is 1. The van der Waals surface area contributed by atoms with E-state index in [-0.39, 0.29) is 17.4 Å². The molecule has 7 heteroatoms. The van der Waals surface area contributed by atoms with Crippen molar-refractivity contribution in [1.82, 2.24) is 15.5 Å². The summed E-state index contributed by atoms with van der Waals surface area (Å²) in [4.78, 5) is 27.8. The minimum atomic E-state index is -0.306. The minimum Gasteiger partial charge on any atom is -0.379 e. The van der Waals surface area contributed by atoms with Crippen LogP contribution in [0.1, 0.15) is 31.2 Å². The van der Waals surface area contributed by atoms with Crippen LogP contribution in [0.4, 0.5) is 0 Å². The van der Waals surface area contributed by atoms with Gasteiger partial charge in [-0.2, -0.15) is 0 Å². The number of ether oxygens (including phenoxy) is 1. The molecule has 1 aromatic carbocycles. The van der Waals surface area contributed by atoms with Crippen molar-refractivity contribution in [3.63, 3.8) is 0 Å². The van der Waals surface area contributed by atoms with Crippen LogP contribution in [0.25, 0.3) is 0 Å². The average molecular weight is 406 g/mol. The van der Waals surface area contributed by atoms with Crippen molar-refractivity contribution in [3.05, 3.63) is 29.8 Å². The fourth-order valence-corrected chi connectivity index (χ4v) is 4.34. The van der Waals surface area contributed by atoms with E-state index < -0.39 is 0 Å². The Labute approximate surface area is 171 Å². The summed E-state index contributed by atoms with van der Waals surface area (Å²) in [6.45, 7) is 4.93. The lowest BCUT2D eigenvalue weighted by Crippen LogP contribution is -2.45. The van der Waals surface area contributed by atoms with Gasteiger partial charge in [0.25, 0.3) is 0 Å². The molecule has 0 spiro atoms. The largest absolute Gasteiger partial charge is 0.379 e. The Morgan fingerprint density at radius 2 is 2.04 bits per heavy atom. The van der Waals surface area contributed by atoms with Crippen molar-refractivity contribution in [2.75, 3.05) is 45.6 Å². The zero-order chi connectivity index (χ0) is 19.8. The van der Waals surface area contributed by atoms with Gasteiger partial charge in [-0.3, -0.25) is 14.5 Å². The van der Waals surface area contributed by atoms with Gasteiger partial charge in [-0.1, -0.05) is 12.1 Å². The maximum absolute atomic E-state index is 12.3. The third-order valence-corrected chi connectivity index (χ3v) is 6.36. The second kappa shape index (κ2) is 10.3. The molecule has 0 aliphatic carbocycles. The smallest absolute Gasteiger partial charge is 0.220 e. The monoisotopic (exact) mass is 405 g/mol. The molecule has 2 fully saturated rings. The minimum absolute atomic E-state index is 0.0616. The molecule has 6 nitrogen and oxygen atoms in total. The van der Waals surface area contributed by atoms with Gasteiger partial charge in [-0.05, 0) is 43.2 Å². The predicted molar refractivity (Wildman–Crippen MR) is 112 cm³/mol. The van der Waals surface area contributed by atoms with Crippen molar-refractivity contribution in [1.29, 1.82) is 0 Å².